The Labute approximate surface area is 140 Å². The SMILES string of the molecule is COC(=O)c1sc2nccc(C)c2c1NC(=O)Cn1nnc(C)n1. The molecule has 0 unspecified atom stereocenters. The van der Waals surface area contributed by atoms with Crippen LogP contribution < -0.4 is 5.32 Å². The Morgan fingerprint density at radius 2 is 2.17 bits per heavy atom. The topological polar surface area (TPSA) is 112 Å². The van der Waals surface area contributed by atoms with Gasteiger partial charge in [0.2, 0.25) is 5.91 Å². The maximum absolute atomic E-state index is 12.3. The van der Waals surface area contributed by atoms with Crippen molar-refractivity contribution >= 4 is 39.1 Å². The van der Waals surface area contributed by atoms with Gasteiger partial charge < -0.3 is 10.1 Å². The third-order valence-electron chi connectivity index (χ3n) is 3.27. The molecule has 0 saturated carbocycles. The number of nitrogens with one attached hydrogen (secondary N) is 1. The van der Waals surface area contributed by atoms with Gasteiger partial charge in [0, 0.05) is 11.6 Å². The number of tetrazole rings is 1. The Morgan fingerprint density at radius 1 is 1.38 bits per heavy atom. The van der Waals surface area contributed by atoms with Crippen molar-refractivity contribution in [1.82, 2.24) is 25.2 Å². The molecule has 24 heavy (non-hydrogen) atoms. The lowest BCUT2D eigenvalue weighted by molar-refractivity contribution is -0.117. The van der Waals surface area contributed by atoms with Crippen molar-refractivity contribution in [2.75, 3.05) is 12.4 Å². The fourth-order valence-electron chi connectivity index (χ4n) is 2.23. The van der Waals surface area contributed by atoms with E-state index in [0.717, 1.165) is 10.9 Å². The minimum atomic E-state index is -0.526. The van der Waals surface area contributed by atoms with Crippen LogP contribution in [0.2, 0.25) is 0 Å². The van der Waals surface area contributed by atoms with Crippen LogP contribution in [0.25, 0.3) is 10.2 Å². The number of ether oxygens (including phenoxy) is 1. The molecule has 0 atom stereocenters. The van der Waals surface area contributed by atoms with Crippen LogP contribution in [0.15, 0.2) is 12.3 Å². The predicted molar refractivity (Wildman–Crippen MR) is 86.9 cm³/mol. The zero-order valence-electron chi connectivity index (χ0n) is 13.2. The molecule has 0 aliphatic heterocycles. The molecule has 0 spiro atoms. The number of methoxy groups -OCH3 is 1. The van der Waals surface area contributed by atoms with Crippen LogP contribution in [0.1, 0.15) is 21.1 Å². The van der Waals surface area contributed by atoms with Crippen LogP contribution in [0.3, 0.4) is 0 Å². The third-order valence-corrected chi connectivity index (χ3v) is 4.35. The second-order valence-electron chi connectivity index (χ2n) is 5.02. The number of esters is 1. The third kappa shape index (κ3) is 2.95. The molecule has 0 aliphatic rings. The van der Waals surface area contributed by atoms with E-state index in [1.165, 1.54) is 23.2 Å². The first-order valence-electron chi connectivity index (χ1n) is 7.00. The predicted octanol–water partition coefficient (Wildman–Crippen LogP) is 1.32. The monoisotopic (exact) mass is 346 g/mol. The van der Waals surface area contributed by atoms with Gasteiger partial charge in [-0.1, -0.05) is 0 Å². The summed E-state index contributed by atoms with van der Waals surface area (Å²) in [6.07, 6.45) is 1.66. The quantitative estimate of drug-likeness (QED) is 0.709. The molecule has 0 bridgehead atoms. The fraction of sp³-hybridized carbons (Fsp3) is 0.286. The number of anilines is 1. The molecule has 124 valence electrons. The molecule has 1 amide bonds. The van der Waals surface area contributed by atoms with E-state index in [1.807, 2.05) is 13.0 Å². The number of carbonyl (C=O) groups is 2. The van der Waals surface area contributed by atoms with E-state index in [-0.39, 0.29) is 12.5 Å². The zero-order chi connectivity index (χ0) is 17.3. The molecule has 0 radical (unpaired) electrons. The van der Waals surface area contributed by atoms with E-state index in [4.69, 9.17) is 4.74 Å². The van der Waals surface area contributed by atoms with Crippen molar-refractivity contribution in [1.29, 1.82) is 0 Å². The number of carbonyl (C=O) groups excluding carboxylic acids is 2. The Hall–Kier alpha value is -2.88. The maximum atomic E-state index is 12.3. The molecule has 1 N–H and O–H groups in total. The number of thiophene rings is 1. The normalized spacial score (nSPS) is 10.8. The molecule has 0 fully saturated rings. The van der Waals surface area contributed by atoms with Gasteiger partial charge in [-0.2, -0.15) is 4.80 Å². The summed E-state index contributed by atoms with van der Waals surface area (Å²) in [7, 11) is 1.29. The summed E-state index contributed by atoms with van der Waals surface area (Å²) >= 11 is 1.17. The van der Waals surface area contributed by atoms with Crippen molar-refractivity contribution in [3.05, 3.63) is 28.5 Å². The Morgan fingerprint density at radius 3 is 2.83 bits per heavy atom. The Balaban J connectivity index is 1.97. The molecule has 3 rings (SSSR count). The van der Waals surface area contributed by atoms with Gasteiger partial charge in [0.15, 0.2) is 5.82 Å². The fourth-order valence-corrected chi connectivity index (χ4v) is 3.32. The molecule has 3 aromatic heterocycles. The van der Waals surface area contributed by atoms with E-state index < -0.39 is 5.97 Å². The van der Waals surface area contributed by atoms with Crippen LogP contribution in [-0.2, 0) is 16.1 Å². The van der Waals surface area contributed by atoms with Crippen molar-refractivity contribution < 1.29 is 14.3 Å². The first kappa shape index (κ1) is 16.0. The second kappa shape index (κ2) is 6.32. The first-order chi connectivity index (χ1) is 11.5. The van der Waals surface area contributed by atoms with Gasteiger partial charge in [0.1, 0.15) is 16.3 Å². The largest absolute Gasteiger partial charge is 0.465 e. The maximum Gasteiger partial charge on any atom is 0.350 e. The highest BCUT2D eigenvalue weighted by Crippen LogP contribution is 2.37. The van der Waals surface area contributed by atoms with E-state index in [2.05, 4.69) is 25.7 Å². The average molecular weight is 346 g/mol. The number of hydrogen-bond donors (Lipinski definition) is 1. The lowest BCUT2D eigenvalue weighted by Gasteiger charge is -2.07. The number of amides is 1. The zero-order valence-corrected chi connectivity index (χ0v) is 14.0. The average Bonchev–Trinajstić information content (AvgIpc) is 3.11. The van der Waals surface area contributed by atoms with Crippen LogP contribution in [0.4, 0.5) is 5.69 Å². The molecule has 9 nitrogen and oxygen atoms in total. The van der Waals surface area contributed by atoms with Crippen molar-refractivity contribution in [3.8, 4) is 0 Å². The smallest absolute Gasteiger partial charge is 0.350 e. The first-order valence-corrected chi connectivity index (χ1v) is 7.82. The van der Waals surface area contributed by atoms with Gasteiger partial charge in [-0.25, -0.2) is 9.78 Å². The number of aryl methyl sites for hydroxylation is 2. The van der Waals surface area contributed by atoms with Gasteiger partial charge >= 0.3 is 5.97 Å². The molecular weight excluding hydrogens is 332 g/mol. The Kier molecular flexibility index (Phi) is 4.21. The number of nitrogens with zero attached hydrogens (tertiary/aromatic N) is 5. The van der Waals surface area contributed by atoms with Crippen molar-refractivity contribution in [2.24, 2.45) is 0 Å². The molecule has 0 aliphatic carbocycles. The lowest BCUT2D eigenvalue weighted by atomic mass is 10.1. The minimum Gasteiger partial charge on any atom is -0.465 e. The minimum absolute atomic E-state index is 0.113. The standard InChI is InChI=1S/C14H14N6O3S/c1-7-4-5-15-13-10(7)11(12(24-13)14(22)23-3)16-9(21)6-20-18-8(2)17-19-20/h4-5H,6H2,1-3H3,(H,16,21). The molecule has 3 heterocycles. The van der Waals surface area contributed by atoms with Crippen LogP contribution >= 0.6 is 11.3 Å². The highest BCUT2D eigenvalue weighted by molar-refractivity contribution is 7.21. The highest BCUT2D eigenvalue weighted by Gasteiger charge is 2.23. The summed E-state index contributed by atoms with van der Waals surface area (Å²) < 4.78 is 4.80. The van der Waals surface area contributed by atoms with E-state index >= 15 is 0 Å². The van der Waals surface area contributed by atoms with Crippen molar-refractivity contribution in [3.63, 3.8) is 0 Å². The summed E-state index contributed by atoms with van der Waals surface area (Å²) in [5.41, 5.74) is 1.30. The number of hydrogen-bond acceptors (Lipinski definition) is 8. The summed E-state index contributed by atoms with van der Waals surface area (Å²) in [5.74, 6) is -0.429. The van der Waals surface area contributed by atoms with Crippen LogP contribution in [0.5, 0.6) is 0 Å². The lowest BCUT2D eigenvalue weighted by Crippen LogP contribution is -2.21. The summed E-state index contributed by atoms with van der Waals surface area (Å²) in [4.78, 5) is 30.7. The number of fused-ring (bicyclic) bond motifs is 1. The molecule has 3 aromatic rings. The van der Waals surface area contributed by atoms with Gasteiger partial charge in [-0.15, -0.1) is 21.5 Å². The van der Waals surface area contributed by atoms with Crippen LogP contribution in [-0.4, -0.2) is 44.2 Å². The molecule has 0 saturated heterocycles. The number of pyridine rings is 1. The van der Waals surface area contributed by atoms with Gasteiger partial charge in [0.05, 0.1) is 12.8 Å². The summed E-state index contributed by atoms with van der Waals surface area (Å²) in [6.45, 7) is 3.45. The molecule has 0 aromatic carbocycles. The van der Waals surface area contributed by atoms with Gasteiger partial charge in [-0.3, -0.25) is 4.79 Å². The van der Waals surface area contributed by atoms with E-state index in [9.17, 15) is 9.59 Å². The summed E-state index contributed by atoms with van der Waals surface area (Å²) in [5, 5.41) is 14.9. The van der Waals surface area contributed by atoms with Crippen LogP contribution in [0, 0.1) is 13.8 Å². The second-order valence-corrected chi connectivity index (χ2v) is 6.02. The number of aromatic nitrogens is 5. The van der Waals surface area contributed by atoms with E-state index in [0.29, 0.717) is 21.2 Å². The van der Waals surface area contributed by atoms with Gasteiger partial charge in [0.25, 0.3) is 0 Å². The highest BCUT2D eigenvalue weighted by atomic mass is 32.1. The molecule has 10 heteroatoms. The van der Waals surface area contributed by atoms with Crippen molar-refractivity contribution in [2.45, 2.75) is 20.4 Å². The number of rotatable bonds is 4. The summed E-state index contributed by atoms with van der Waals surface area (Å²) in [6, 6.07) is 1.81. The molecular formula is C14H14N6O3S. The van der Waals surface area contributed by atoms with Gasteiger partial charge in [-0.05, 0) is 30.7 Å². The van der Waals surface area contributed by atoms with E-state index in [1.54, 1.807) is 13.1 Å². The Bertz CT molecular complexity index is 932.